The lowest BCUT2D eigenvalue weighted by Crippen LogP contribution is -2.22. The van der Waals surface area contributed by atoms with Crippen molar-refractivity contribution >= 4 is 16.7 Å². The van der Waals surface area contributed by atoms with Gasteiger partial charge in [-0.15, -0.1) is 0 Å². The first-order valence-electron chi connectivity index (χ1n) is 10.4. The highest BCUT2D eigenvalue weighted by molar-refractivity contribution is 7.84. The molecule has 0 spiro atoms. The Morgan fingerprint density at radius 2 is 1.70 bits per heavy atom. The average Bonchev–Trinajstić information content (AvgIpc) is 3.23. The van der Waals surface area contributed by atoms with Gasteiger partial charge < -0.3 is 14.5 Å². The molecule has 4 aromatic rings. The minimum absolute atomic E-state index is 0.167. The van der Waals surface area contributed by atoms with Gasteiger partial charge in [0.2, 0.25) is 5.89 Å². The van der Waals surface area contributed by atoms with Crippen LogP contribution in [0.5, 0.6) is 5.75 Å². The molecular weight excluding hydrogens is 436 g/mol. The fourth-order valence-electron chi connectivity index (χ4n) is 3.26. The lowest BCUT2D eigenvalue weighted by atomic mass is 10.1. The molecule has 0 radical (unpaired) electrons. The first kappa shape index (κ1) is 22.5. The Morgan fingerprint density at radius 1 is 1.00 bits per heavy atom. The van der Waals surface area contributed by atoms with E-state index in [4.69, 9.17) is 9.15 Å². The predicted octanol–water partition coefficient (Wildman–Crippen LogP) is 4.90. The third-order valence-corrected chi connectivity index (χ3v) is 6.51. The zero-order valence-corrected chi connectivity index (χ0v) is 19.2. The number of methoxy groups -OCH3 is 1. The quantitative estimate of drug-likeness (QED) is 0.405. The van der Waals surface area contributed by atoms with Crippen LogP contribution in [0.25, 0.3) is 11.5 Å². The molecule has 0 fully saturated rings. The van der Waals surface area contributed by atoms with Crippen LogP contribution in [-0.4, -0.2) is 22.2 Å². The lowest BCUT2D eigenvalue weighted by molar-refractivity contribution is 0.0951. The minimum Gasteiger partial charge on any atom is -0.497 e. The fourth-order valence-corrected chi connectivity index (χ4v) is 4.40. The number of amides is 1. The maximum Gasteiger partial charge on any atom is 0.251 e. The molecule has 7 heteroatoms. The molecule has 1 amide bonds. The Hall–Kier alpha value is -3.71. The van der Waals surface area contributed by atoms with Crippen LogP contribution >= 0.6 is 0 Å². The number of rotatable bonds is 8. The zero-order valence-electron chi connectivity index (χ0n) is 18.4. The number of nitrogens with zero attached hydrogens (tertiary/aromatic N) is 1. The van der Waals surface area contributed by atoms with Gasteiger partial charge in [-0.1, -0.05) is 30.3 Å². The van der Waals surface area contributed by atoms with Crippen LogP contribution in [0.3, 0.4) is 0 Å². The van der Waals surface area contributed by atoms with Crippen molar-refractivity contribution < 1.29 is 18.2 Å². The molecule has 1 heterocycles. The topological polar surface area (TPSA) is 81.4 Å². The molecule has 0 saturated heterocycles. The molecule has 168 valence electrons. The van der Waals surface area contributed by atoms with E-state index in [9.17, 15) is 9.00 Å². The highest BCUT2D eigenvalue weighted by Gasteiger charge is 2.15. The van der Waals surface area contributed by atoms with E-state index in [0.717, 1.165) is 21.8 Å². The standard InChI is InChI=1S/C26H24N2O4S/c1-18-24(17-33(30)23-6-4-3-5-7-23)28-26(32-18)21-12-10-20(11-13-21)25(29)27-16-19-8-14-22(31-2)15-9-19/h3-15H,16-17H2,1-2H3,(H,27,29)/t33-/m1/s1. The van der Waals surface area contributed by atoms with Crippen molar-refractivity contribution in [2.75, 3.05) is 7.11 Å². The van der Waals surface area contributed by atoms with Gasteiger partial charge in [0, 0.05) is 22.6 Å². The molecule has 3 aromatic carbocycles. The molecule has 0 aliphatic rings. The van der Waals surface area contributed by atoms with Crippen LogP contribution < -0.4 is 10.1 Å². The highest BCUT2D eigenvalue weighted by Crippen LogP contribution is 2.24. The second-order valence-electron chi connectivity index (χ2n) is 7.43. The summed E-state index contributed by atoms with van der Waals surface area (Å²) in [5.41, 5.74) is 2.94. The van der Waals surface area contributed by atoms with E-state index in [-0.39, 0.29) is 11.7 Å². The Balaban J connectivity index is 1.39. The largest absolute Gasteiger partial charge is 0.497 e. The number of benzene rings is 3. The summed E-state index contributed by atoms with van der Waals surface area (Å²) in [6.07, 6.45) is 0. The van der Waals surface area contributed by atoms with Crippen molar-refractivity contribution in [3.63, 3.8) is 0 Å². The van der Waals surface area contributed by atoms with Gasteiger partial charge in [-0.3, -0.25) is 9.00 Å². The molecule has 0 unspecified atom stereocenters. The van der Waals surface area contributed by atoms with Gasteiger partial charge in [0.05, 0.1) is 29.4 Å². The number of aromatic nitrogens is 1. The summed E-state index contributed by atoms with van der Waals surface area (Å²) in [7, 11) is 0.417. The number of aryl methyl sites for hydroxylation is 1. The average molecular weight is 461 g/mol. The summed E-state index contributed by atoms with van der Waals surface area (Å²) in [5, 5.41) is 2.91. The lowest BCUT2D eigenvalue weighted by Gasteiger charge is -2.07. The third kappa shape index (κ3) is 5.56. The van der Waals surface area contributed by atoms with Crippen molar-refractivity contribution in [2.45, 2.75) is 24.1 Å². The number of carbonyl (C=O) groups is 1. The number of oxazole rings is 1. The van der Waals surface area contributed by atoms with Gasteiger partial charge in [-0.2, -0.15) is 0 Å². The van der Waals surface area contributed by atoms with E-state index in [1.807, 2.05) is 61.5 Å². The van der Waals surface area contributed by atoms with Gasteiger partial charge in [-0.25, -0.2) is 4.98 Å². The van der Waals surface area contributed by atoms with E-state index in [1.54, 1.807) is 31.4 Å². The maximum atomic E-state index is 12.6. The molecule has 0 aliphatic carbocycles. The van der Waals surface area contributed by atoms with Gasteiger partial charge in [0.1, 0.15) is 11.5 Å². The second-order valence-corrected chi connectivity index (χ2v) is 8.88. The first-order chi connectivity index (χ1) is 16.0. The van der Waals surface area contributed by atoms with Crippen molar-refractivity contribution in [1.29, 1.82) is 0 Å². The van der Waals surface area contributed by atoms with Crippen molar-refractivity contribution in [2.24, 2.45) is 0 Å². The normalized spacial score (nSPS) is 11.7. The van der Waals surface area contributed by atoms with Crippen LogP contribution in [0.2, 0.25) is 0 Å². The van der Waals surface area contributed by atoms with Crippen molar-refractivity contribution in [3.05, 3.63) is 101 Å². The Labute approximate surface area is 195 Å². The summed E-state index contributed by atoms with van der Waals surface area (Å²) >= 11 is 0. The molecule has 6 nitrogen and oxygen atoms in total. The summed E-state index contributed by atoms with van der Waals surface area (Å²) in [4.78, 5) is 17.8. The SMILES string of the molecule is COc1ccc(CNC(=O)c2ccc(-c3nc(C[S@@](=O)c4ccccc4)c(C)o3)cc2)cc1. The van der Waals surface area contributed by atoms with Gasteiger partial charge in [0.15, 0.2) is 0 Å². The number of ether oxygens (including phenoxy) is 1. The molecule has 1 N–H and O–H groups in total. The van der Waals surface area contributed by atoms with E-state index in [2.05, 4.69) is 10.3 Å². The molecule has 1 aromatic heterocycles. The van der Waals surface area contributed by atoms with E-state index in [0.29, 0.717) is 29.5 Å². The number of hydrogen-bond donors (Lipinski definition) is 1. The number of nitrogens with one attached hydrogen (secondary N) is 1. The van der Waals surface area contributed by atoms with Gasteiger partial charge in [-0.05, 0) is 61.0 Å². The summed E-state index contributed by atoms with van der Waals surface area (Å²) < 4.78 is 23.6. The van der Waals surface area contributed by atoms with E-state index in [1.165, 1.54) is 0 Å². The summed E-state index contributed by atoms with van der Waals surface area (Å²) in [5.74, 6) is 1.97. The predicted molar refractivity (Wildman–Crippen MR) is 127 cm³/mol. The van der Waals surface area contributed by atoms with E-state index >= 15 is 0 Å². The van der Waals surface area contributed by atoms with Crippen LogP contribution in [0.15, 0.2) is 88.2 Å². The second kappa shape index (κ2) is 10.3. The molecule has 4 rings (SSSR count). The smallest absolute Gasteiger partial charge is 0.251 e. The molecule has 1 atom stereocenters. The summed E-state index contributed by atoms with van der Waals surface area (Å²) in [6.45, 7) is 2.24. The number of hydrogen-bond acceptors (Lipinski definition) is 5. The van der Waals surface area contributed by atoms with Gasteiger partial charge >= 0.3 is 0 Å². The first-order valence-corrected chi connectivity index (χ1v) is 11.8. The maximum absolute atomic E-state index is 12.6. The zero-order chi connectivity index (χ0) is 23.2. The Bertz CT molecular complexity index is 1250. The highest BCUT2D eigenvalue weighted by atomic mass is 32.2. The molecule has 33 heavy (non-hydrogen) atoms. The van der Waals surface area contributed by atoms with E-state index < -0.39 is 10.8 Å². The monoisotopic (exact) mass is 460 g/mol. The summed E-state index contributed by atoms with van der Waals surface area (Å²) in [6, 6.07) is 23.9. The third-order valence-electron chi connectivity index (χ3n) is 5.17. The van der Waals surface area contributed by atoms with Crippen LogP contribution in [0.4, 0.5) is 0 Å². The fraction of sp³-hybridized carbons (Fsp3) is 0.154. The Morgan fingerprint density at radius 3 is 2.36 bits per heavy atom. The van der Waals surface area contributed by atoms with Gasteiger partial charge in [0.25, 0.3) is 5.91 Å². The Kier molecular flexibility index (Phi) is 7.00. The van der Waals surface area contributed by atoms with Crippen molar-refractivity contribution in [3.8, 4) is 17.2 Å². The van der Waals surface area contributed by atoms with Crippen molar-refractivity contribution in [1.82, 2.24) is 10.3 Å². The molecule has 0 saturated carbocycles. The number of carbonyl (C=O) groups excluding carboxylic acids is 1. The molecular formula is C26H24N2O4S. The minimum atomic E-state index is -1.20. The molecule has 0 aliphatic heterocycles. The van der Waals surface area contributed by atoms with Crippen LogP contribution in [0, 0.1) is 6.92 Å². The van der Waals surface area contributed by atoms with Crippen LogP contribution in [-0.2, 0) is 23.1 Å². The molecule has 0 bridgehead atoms. The van der Waals surface area contributed by atoms with Crippen LogP contribution in [0.1, 0.15) is 27.4 Å².